The van der Waals surface area contributed by atoms with Crippen molar-refractivity contribution in [3.05, 3.63) is 59.7 Å². The van der Waals surface area contributed by atoms with E-state index >= 15 is 0 Å². The molecule has 94 valence electrons. The van der Waals surface area contributed by atoms with Gasteiger partial charge in [-0.25, -0.2) is 0 Å². The largest absolute Gasteiger partial charge is 0.0654 e. The second kappa shape index (κ2) is 6.39. The lowest BCUT2D eigenvalue weighted by molar-refractivity contribution is 0.718. The average molecular weight is 238 g/mol. The minimum atomic E-state index is 1.19. The minimum absolute atomic E-state index is 1.19. The summed E-state index contributed by atoms with van der Waals surface area (Å²) in [4.78, 5) is 0. The molecular formula is C18H22. The standard InChI is InChI=1S/C18H22/c1-3-4-5-11-16-12-7-9-14-18(16)17-13-8-6-10-15(17)2/h6-10,12-14H,3-5,11H2,1-2H3. The Morgan fingerprint density at radius 3 is 2.17 bits per heavy atom. The Balaban J connectivity index is 2.30. The van der Waals surface area contributed by atoms with Crippen LogP contribution < -0.4 is 0 Å². The van der Waals surface area contributed by atoms with Crippen LogP contribution in [0, 0.1) is 6.92 Å². The molecule has 2 aromatic rings. The number of aryl methyl sites for hydroxylation is 2. The van der Waals surface area contributed by atoms with E-state index in [1.54, 1.807) is 0 Å². The van der Waals surface area contributed by atoms with Crippen LogP contribution in [0.2, 0.25) is 0 Å². The molecule has 0 fully saturated rings. The molecule has 0 aliphatic heterocycles. The van der Waals surface area contributed by atoms with Crippen LogP contribution in [0.25, 0.3) is 11.1 Å². The van der Waals surface area contributed by atoms with Gasteiger partial charge in [0.15, 0.2) is 0 Å². The molecule has 0 spiro atoms. The predicted octanol–water partition coefficient (Wildman–Crippen LogP) is 5.39. The molecule has 0 heterocycles. The zero-order valence-corrected chi connectivity index (χ0v) is 11.4. The molecule has 0 amide bonds. The Hall–Kier alpha value is -1.56. The topological polar surface area (TPSA) is 0 Å². The van der Waals surface area contributed by atoms with Gasteiger partial charge in [0, 0.05) is 0 Å². The summed E-state index contributed by atoms with van der Waals surface area (Å²) in [6.07, 6.45) is 5.09. The van der Waals surface area contributed by atoms with E-state index in [1.807, 2.05) is 0 Å². The second-order valence-corrected chi connectivity index (χ2v) is 4.93. The summed E-state index contributed by atoms with van der Waals surface area (Å²) in [6, 6.07) is 17.5. The van der Waals surface area contributed by atoms with Crippen molar-refractivity contribution < 1.29 is 0 Å². The quantitative estimate of drug-likeness (QED) is 0.612. The molecule has 0 bridgehead atoms. The molecule has 0 saturated heterocycles. The van der Waals surface area contributed by atoms with Gasteiger partial charge in [0.1, 0.15) is 0 Å². The summed E-state index contributed by atoms with van der Waals surface area (Å²) in [5.74, 6) is 0. The zero-order valence-electron chi connectivity index (χ0n) is 11.4. The highest BCUT2D eigenvalue weighted by Crippen LogP contribution is 2.27. The van der Waals surface area contributed by atoms with Gasteiger partial charge in [0.05, 0.1) is 0 Å². The van der Waals surface area contributed by atoms with Crippen LogP contribution in [0.3, 0.4) is 0 Å². The molecule has 0 saturated carbocycles. The van der Waals surface area contributed by atoms with Gasteiger partial charge in [-0.3, -0.25) is 0 Å². The van der Waals surface area contributed by atoms with Crippen molar-refractivity contribution in [3.8, 4) is 11.1 Å². The number of unbranched alkanes of at least 4 members (excludes halogenated alkanes) is 2. The highest BCUT2D eigenvalue weighted by molar-refractivity contribution is 5.70. The average Bonchev–Trinajstić information content (AvgIpc) is 2.40. The van der Waals surface area contributed by atoms with E-state index in [2.05, 4.69) is 62.4 Å². The summed E-state index contributed by atoms with van der Waals surface area (Å²) < 4.78 is 0. The molecule has 0 aromatic heterocycles. The lowest BCUT2D eigenvalue weighted by Crippen LogP contribution is -1.92. The number of rotatable bonds is 5. The van der Waals surface area contributed by atoms with Crippen LogP contribution in [0.4, 0.5) is 0 Å². The molecule has 18 heavy (non-hydrogen) atoms. The molecule has 0 radical (unpaired) electrons. The first-order valence-electron chi connectivity index (χ1n) is 6.97. The van der Waals surface area contributed by atoms with E-state index in [0.717, 1.165) is 0 Å². The van der Waals surface area contributed by atoms with E-state index < -0.39 is 0 Å². The predicted molar refractivity (Wildman–Crippen MR) is 79.8 cm³/mol. The minimum Gasteiger partial charge on any atom is -0.0654 e. The van der Waals surface area contributed by atoms with E-state index in [4.69, 9.17) is 0 Å². The first kappa shape index (κ1) is 12.9. The second-order valence-electron chi connectivity index (χ2n) is 4.93. The Morgan fingerprint density at radius 2 is 1.44 bits per heavy atom. The summed E-state index contributed by atoms with van der Waals surface area (Å²) >= 11 is 0. The van der Waals surface area contributed by atoms with Gasteiger partial charge < -0.3 is 0 Å². The molecule has 2 aromatic carbocycles. The molecule has 0 heteroatoms. The molecule has 0 nitrogen and oxygen atoms in total. The highest BCUT2D eigenvalue weighted by Gasteiger charge is 2.06. The van der Waals surface area contributed by atoms with E-state index in [1.165, 1.54) is 47.9 Å². The fourth-order valence-corrected chi connectivity index (χ4v) is 2.44. The molecule has 0 aliphatic carbocycles. The third-order valence-electron chi connectivity index (χ3n) is 3.50. The monoisotopic (exact) mass is 238 g/mol. The fraction of sp³-hybridized carbons (Fsp3) is 0.333. The van der Waals surface area contributed by atoms with Gasteiger partial charge in [0.2, 0.25) is 0 Å². The molecule has 0 aliphatic rings. The van der Waals surface area contributed by atoms with Crippen LogP contribution in [0.1, 0.15) is 37.3 Å². The SMILES string of the molecule is CCCCCc1ccccc1-c1ccccc1C. The molecule has 0 unspecified atom stereocenters. The number of hydrogen-bond acceptors (Lipinski definition) is 0. The van der Waals surface area contributed by atoms with Gasteiger partial charge in [-0.05, 0) is 42.0 Å². The lowest BCUT2D eigenvalue weighted by Gasteiger charge is -2.11. The van der Waals surface area contributed by atoms with Crippen molar-refractivity contribution in [2.75, 3.05) is 0 Å². The van der Waals surface area contributed by atoms with Crippen LogP contribution in [0.15, 0.2) is 48.5 Å². The van der Waals surface area contributed by atoms with Gasteiger partial charge in [-0.1, -0.05) is 68.3 Å². The third kappa shape index (κ3) is 3.01. The summed E-state index contributed by atoms with van der Waals surface area (Å²) in [6.45, 7) is 4.45. The van der Waals surface area contributed by atoms with E-state index in [-0.39, 0.29) is 0 Å². The Labute approximate surface area is 111 Å². The summed E-state index contributed by atoms with van der Waals surface area (Å²) in [5.41, 5.74) is 5.64. The molecule has 0 N–H and O–H groups in total. The Kier molecular flexibility index (Phi) is 4.58. The van der Waals surface area contributed by atoms with Gasteiger partial charge in [0.25, 0.3) is 0 Å². The van der Waals surface area contributed by atoms with Crippen LogP contribution in [0.5, 0.6) is 0 Å². The van der Waals surface area contributed by atoms with Crippen LogP contribution >= 0.6 is 0 Å². The zero-order chi connectivity index (χ0) is 12.8. The molecule has 2 rings (SSSR count). The van der Waals surface area contributed by atoms with E-state index in [9.17, 15) is 0 Å². The number of hydrogen-bond donors (Lipinski definition) is 0. The van der Waals surface area contributed by atoms with Crippen molar-refractivity contribution in [1.29, 1.82) is 0 Å². The normalized spacial score (nSPS) is 10.6. The highest BCUT2D eigenvalue weighted by atomic mass is 14.1. The van der Waals surface area contributed by atoms with Crippen molar-refractivity contribution in [1.82, 2.24) is 0 Å². The van der Waals surface area contributed by atoms with E-state index in [0.29, 0.717) is 0 Å². The fourth-order valence-electron chi connectivity index (χ4n) is 2.44. The van der Waals surface area contributed by atoms with Crippen molar-refractivity contribution in [2.45, 2.75) is 39.5 Å². The maximum absolute atomic E-state index is 2.28. The number of benzene rings is 2. The first-order valence-corrected chi connectivity index (χ1v) is 6.97. The molecular weight excluding hydrogens is 216 g/mol. The summed E-state index contributed by atoms with van der Waals surface area (Å²) in [7, 11) is 0. The maximum atomic E-state index is 2.28. The van der Waals surface area contributed by atoms with Gasteiger partial charge in [-0.2, -0.15) is 0 Å². The lowest BCUT2D eigenvalue weighted by atomic mass is 9.93. The third-order valence-corrected chi connectivity index (χ3v) is 3.50. The van der Waals surface area contributed by atoms with Gasteiger partial charge >= 0.3 is 0 Å². The van der Waals surface area contributed by atoms with Crippen molar-refractivity contribution in [2.24, 2.45) is 0 Å². The first-order chi connectivity index (χ1) is 8.83. The smallest absolute Gasteiger partial charge is 0.0149 e. The van der Waals surface area contributed by atoms with Crippen LogP contribution in [-0.2, 0) is 6.42 Å². The van der Waals surface area contributed by atoms with Crippen molar-refractivity contribution in [3.63, 3.8) is 0 Å². The van der Waals surface area contributed by atoms with Crippen molar-refractivity contribution >= 4 is 0 Å². The Morgan fingerprint density at radius 1 is 0.778 bits per heavy atom. The maximum Gasteiger partial charge on any atom is -0.0149 e. The van der Waals surface area contributed by atoms with Gasteiger partial charge in [-0.15, -0.1) is 0 Å². The molecule has 0 atom stereocenters. The summed E-state index contributed by atoms with van der Waals surface area (Å²) in [5, 5.41) is 0. The van der Waals surface area contributed by atoms with Crippen LogP contribution in [-0.4, -0.2) is 0 Å². The Bertz CT molecular complexity index is 497.